The first-order chi connectivity index (χ1) is 4.13. The van der Waals surface area contributed by atoms with Crippen molar-refractivity contribution in [3.63, 3.8) is 0 Å². The van der Waals surface area contributed by atoms with E-state index in [-0.39, 0.29) is 12.4 Å². The summed E-state index contributed by atoms with van der Waals surface area (Å²) in [6.07, 6.45) is 0.646. The molecule has 0 saturated carbocycles. The third-order valence-corrected chi connectivity index (χ3v) is 2.34. The molecule has 4 heteroatoms. The standard InChI is InChI=1S/2C3H7O.ClH.Ti/c2*1-3(2)4;;/h2*3H,1-2H3;1H;/q2*-1;;+2. The smallest absolute Gasteiger partial charge is 0.147 e. The minimum absolute atomic E-state index is 0. The van der Waals surface area contributed by atoms with Crippen LogP contribution in [0.5, 0.6) is 0 Å². The first-order valence-electron chi connectivity index (χ1n) is 3.19. The third kappa shape index (κ3) is 11.7. The van der Waals surface area contributed by atoms with Crippen LogP contribution >= 0.6 is 12.4 Å². The van der Waals surface area contributed by atoms with Crippen molar-refractivity contribution >= 4 is 12.4 Å². The molecule has 0 spiro atoms. The molecule has 0 rings (SSSR count). The summed E-state index contributed by atoms with van der Waals surface area (Å²) in [6, 6.07) is 0. The molecule has 0 radical (unpaired) electrons. The van der Waals surface area contributed by atoms with E-state index in [4.69, 9.17) is 6.64 Å². The molecule has 62 valence electrons. The molecule has 0 unspecified atom stereocenters. The first-order valence-corrected chi connectivity index (χ1v) is 4.46. The number of halogens is 1. The van der Waals surface area contributed by atoms with E-state index in [0.717, 1.165) is 0 Å². The van der Waals surface area contributed by atoms with Gasteiger partial charge in [0.05, 0.1) is 0 Å². The van der Waals surface area contributed by atoms with Gasteiger partial charge in [-0.2, -0.15) is 0 Å². The van der Waals surface area contributed by atoms with E-state index in [1.54, 1.807) is 0 Å². The maximum absolute atomic E-state index is 5.26. The molecule has 0 aromatic carbocycles. The topological polar surface area (TPSA) is 18.5 Å². The van der Waals surface area contributed by atoms with E-state index in [1.165, 1.54) is 0 Å². The Kier molecular flexibility index (Phi) is 10.8. The molecule has 0 aromatic heterocycles. The van der Waals surface area contributed by atoms with Crippen LogP contribution in [0.4, 0.5) is 0 Å². The van der Waals surface area contributed by atoms with Crippen molar-refractivity contribution in [3.8, 4) is 0 Å². The minimum atomic E-state index is -0.574. The third-order valence-electron chi connectivity index (χ3n) is 0.568. The van der Waals surface area contributed by atoms with Crippen molar-refractivity contribution in [1.82, 2.24) is 0 Å². The molecular formula is C6H15ClO2Ti. The Morgan fingerprint density at radius 2 is 1.20 bits per heavy atom. The molecule has 10 heavy (non-hydrogen) atoms. The van der Waals surface area contributed by atoms with Crippen molar-refractivity contribution in [3.05, 3.63) is 0 Å². The maximum Gasteiger partial charge on any atom is -0.147 e. The molecule has 0 aromatic rings. The van der Waals surface area contributed by atoms with Gasteiger partial charge in [-0.25, -0.2) is 0 Å². The van der Waals surface area contributed by atoms with Crippen LogP contribution in [-0.2, 0) is 26.6 Å². The Morgan fingerprint density at radius 3 is 1.40 bits per heavy atom. The van der Waals surface area contributed by atoms with E-state index >= 15 is 0 Å². The van der Waals surface area contributed by atoms with Gasteiger partial charge in [0.2, 0.25) is 0 Å². The fourth-order valence-corrected chi connectivity index (χ4v) is 0.908. The second-order valence-electron chi connectivity index (χ2n) is 2.42. The summed E-state index contributed by atoms with van der Waals surface area (Å²) in [4.78, 5) is 0. The predicted octanol–water partition coefficient (Wildman–Crippen LogP) is 2.17. The molecule has 0 saturated heterocycles. The van der Waals surface area contributed by atoms with E-state index in [2.05, 4.69) is 0 Å². The van der Waals surface area contributed by atoms with Gasteiger partial charge in [0, 0.05) is 0 Å². The van der Waals surface area contributed by atoms with Crippen LogP contribution in [-0.4, -0.2) is 12.2 Å². The summed E-state index contributed by atoms with van der Waals surface area (Å²) in [5.41, 5.74) is 0. The van der Waals surface area contributed by atoms with Gasteiger partial charge in [-0.1, -0.05) is 0 Å². The molecule has 0 aliphatic rings. The van der Waals surface area contributed by atoms with Gasteiger partial charge in [-0.15, -0.1) is 12.4 Å². The van der Waals surface area contributed by atoms with Crippen LogP contribution in [0.3, 0.4) is 0 Å². The Labute approximate surface area is 79.0 Å². The normalized spacial score (nSPS) is 9.80. The fraction of sp³-hybridized carbons (Fsp3) is 1.00. The summed E-state index contributed by atoms with van der Waals surface area (Å²) in [5.74, 6) is 0. The molecule has 0 amide bonds. The zero-order valence-corrected chi connectivity index (χ0v) is 9.26. The minimum Gasteiger partial charge on any atom is -0.147 e. The van der Waals surface area contributed by atoms with Crippen molar-refractivity contribution in [2.24, 2.45) is 0 Å². The molecule has 0 bridgehead atoms. The molecule has 0 N–H and O–H groups in total. The zero-order chi connectivity index (χ0) is 7.28. The van der Waals surface area contributed by atoms with Crippen molar-refractivity contribution in [1.29, 1.82) is 0 Å². The molecular weight excluding hydrogens is 187 g/mol. The van der Waals surface area contributed by atoms with Gasteiger partial charge in [-0.05, 0) is 0 Å². The van der Waals surface area contributed by atoms with Crippen LogP contribution < -0.4 is 0 Å². The molecule has 2 nitrogen and oxygen atoms in total. The summed E-state index contributed by atoms with van der Waals surface area (Å²) < 4.78 is 10.5. The van der Waals surface area contributed by atoms with E-state index < -0.39 is 19.9 Å². The summed E-state index contributed by atoms with van der Waals surface area (Å²) >= 11 is -0.574. The molecule has 0 atom stereocenters. The average molecular weight is 203 g/mol. The summed E-state index contributed by atoms with van der Waals surface area (Å²) in [7, 11) is 0. The Morgan fingerprint density at radius 1 is 0.900 bits per heavy atom. The van der Waals surface area contributed by atoms with E-state index in [9.17, 15) is 0 Å². The van der Waals surface area contributed by atoms with Gasteiger partial charge in [-0.3, -0.25) is 0 Å². The van der Waals surface area contributed by atoms with Gasteiger partial charge >= 0.3 is 66.5 Å². The largest absolute Gasteiger partial charge is 0.147 e. The second kappa shape index (κ2) is 8.03. The van der Waals surface area contributed by atoms with Crippen LogP contribution in [0.1, 0.15) is 27.7 Å². The Hall–Kier alpha value is 0.924. The van der Waals surface area contributed by atoms with Crippen LogP contribution in [0, 0.1) is 0 Å². The Balaban J connectivity index is 0. The monoisotopic (exact) mass is 202 g/mol. The van der Waals surface area contributed by atoms with Gasteiger partial charge < -0.3 is 0 Å². The Bertz CT molecular complexity index is 60.8. The van der Waals surface area contributed by atoms with Crippen LogP contribution in [0.15, 0.2) is 0 Å². The number of hydrogen-bond donors (Lipinski definition) is 0. The second-order valence-corrected chi connectivity index (χ2v) is 3.41. The molecule has 0 aliphatic heterocycles. The van der Waals surface area contributed by atoms with Gasteiger partial charge in [0.25, 0.3) is 0 Å². The van der Waals surface area contributed by atoms with E-state index in [0.29, 0.717) is 12.2 Å². The summed E-state index contributed by atoms with van der Waals surface area (Å²) in [6.45, 7) is 8.08. The first kappa shape index (κ1) is 13.5. The number of hydrogen-bond acceptors (Lipinski definition) is 2. The van der Waals surface area contributed by atoms with Crippen molar-refractivity contribution in [2.75, 3.05) is 0 Å². The quantitative estimate of drug-likeness (QED) is 0.651. The number of rotatable bonds is 4. The summed E-state index contributed by atoms with van der Waals surface area (Å²) in [5, 5.41) is 0. The van der Waals surface area contributed by atoms with Crippen molar-refractivity contribution in [2.45, 2.75) is 39.9 Å². The average Bonchev–Trinajstić information content (AvgIpc) is 1.63. The zero-order valence-electron chi connectivity index (χ0n) is 6.88. The van der Waals surface area contributed by atoms with Gasteiger partial charge in [0.15, 0.2) is 0 Å². The molecule has 0 heterocycles. The van der Waals surface area contributed by atoms with Gasteiger partial charge in [0.1, 0.15) is 0 Å². The van der Waals surface area contributed by atoms with E-state index in [1.807, 2.05) is 27.7 Å². The van der Waals surface area contributed by atoms with Crippen LogP contribution in [0.2, 0.25) is 0 Å². The van der Waals surface area contributed by atoms with Crippen LogP contribution in [0.25, 0.3) is 0 Å². The van der Waals surface area contributed by atoms with Crippen molar-refractivity contribution < 1.29 is 26.6 Å². The molecule has 0 aliphatic carbocycles. The predicted molar refractivity (Wildman–Crippen MR) is 39.7 cm³/mol. The maximum atomic E-state index is 5.26. The fourth-order valence-electron chi connectivity index (χ4n) is 0.220. The SMILES string of the molecule is CC(C)[O][Ti][O]C(C)C.Cl. The molecule has 0 fully saturated rings.